The smallest absolute Gasteiger partial charge is 0.190 e. The Bertz CT molecular complexity index is 299. The Hall–Kier alpha value is -0.0400. The number of unbranched alkanes of at least 4 members (excludes halogenated alkanes) is 3. The fourth-order valence-electron chi connectivity index (χ4n) is 2.97. The minimum atomic E-state index is 0. The van der Waals surface area contributed by atoms with Crippen molar-refractivity contribution in [2.45, 2.75) is 58.8 Å². The first-order valence-corrected chi connectivity index (χ1v) is 9.25. The van der Waals surface area contributed by atoms with E-state index < -0.39 is 0 Å². The van der Waals surface area contributed by atoms with Gasteiger partial charge >= 0.3 is 0 Å². The average Bonchev–Trinajstić information content (AvgIpc) is 2.50. The van der Waals surface area contributed by atoms with Crippen molar-refractivity contribution in [1.82, 2.24) is 15.5 Å². The highest BCUT2D eigenvalue weighted by atomic mass is 127. The van der Waals surface area contributed by atoms with Crippen LogP contribution in [0.1, 0.15) is 58.8 Å². The molecular formula is C18H39IN4. The molecule has 0 aromatic carbocycles. The number of hydrogen-bond donors (Lipinski definition) is 2. The lowest BCUT2D eigenvalue weighted by Crippen LogP contribution is -2.42. The third kappa shape index (κ3) is 12.0. The van der Waals surface area contributed by atoms with Crippen LogP contribution in [0.5, 0.6) is 0 Å². The molecule has 138 valence electrons. The summed E-state index contributed by atoms with van der Waals surface area (Å²) in [4.78, 5) is 6.75. The highest BCUT2D eigenvalue weighted by Crippen LogP contribution is 2.14. The molecule has 0 atom stereocenters. The molecule has 0 saturated carbocycles. The predicted molar refractivity (Wildman–Crippen MR) is 113 cm³/mol. The SMILES string of the molecule is CN=C(NCCCCCCC(C)C)NCC1CCN(C)CC1.I. The quantitative estimate of drug-likeness (QED) is 0.250. The molecule has 1 heterocycles. The van der Waals surface area contributed by atoms with Crippen LogP contribution in [0.25, 0.3) is 0 Å². The van der Waals surface area contributed by atoms with Crippen molar-refractivity contribution in [2.24, 2.45) is 16.8 Å². The maximum Gasteiger partial charge on any atom is 0.190 e. The van der Waals surface area contributed by atoms with E-state index in [4.69, 9.17) is 0 Å². The van der Waals surface area contributed by atoms with Crippen molar-refractivity contribution < 1.29 is 0 Å². The van der Waals surface area contributed by atoms with E-state index in [2.05, 4.69) is 41.4 Å². The Morgan fingerprint density at radius 1 is 1.09 bits per heavy atom. The molecule has 0 aromatic rings. The predicted octanol–water partition coefficient (Wildman–Crippen LogP) is 3.72. The number of nitrogens with zero attached hydrogens (tertiary/aromatic N) is 2. The van der Waals surface area contributed by atoms with Gasteiger partial charge in [0.2, 0.25) is 0 Å². The molecule has 1 saturated heterocycles. The zero-order chi connectivity index (χ0) is 16.2. The monoisotopic (exact) mass is 438 g/mol. The Balaban J connectivity index is 0.00000484. The first kappa shape index (κ1) is 23.0. The van der Waals surface area contributed by atoms with Gasteiger partial charge in [-0.05, 0) is 51.2 Å². The molecular weight excluding hydrogens is 399 g/mol. The summed E-state index contributed by atoms with van der Waals surface area (Å²) in [6.07, 6.45) is 9.28. The summed E-state index contributed by atoms with van der Waals surface area (Å²) in [5.41, 5.74) is 0. The van der Waals surface area contributed by atoms with Crippen molar-refractivity contribution in [3.8, 4) is 0 Å². The van der Waals surface area contributed by atoms with Gasteiger partial charge in [-0.1, -0.05) is 39.5 Å². The summed E-state index contributed by atoms with van der Waals surface area (Å²) in [5.74, 6) is 2.62. The van der Waals surface area contributed by atoms with Gasteiger partial charge in [0, 0.05) is 20.1 Å². The third-order valence-electron chi connectivity index (χ3n) is 4.62. The Kier molecular flexibility index (Phi) is 14.3. The average molecular weight is 438 g/mol. The number of guanidine groups is 1. The highest BCUT2D eigenvalue weighted by molar-refractivity contribution is 14.0. The van der Waals surface area contributed by atoms with Gasteiger partial charge in [0.25, 0.3) is 0 Å². The molecule has 0 bridgehead atoms. The summed E-state index contributed by atoms with van der Waals surface area (Å²) < 4.78 is 0. The van der Waals surface area contributed by atoms with E-state index in [1.54, 1.807) is 0 Å². The van der Waals surface area contributed by atoms with Crippen LogP contribution < -0.4 is 10.6 Å². The lowest BCUT2D eigenvalue weighted by molar-refractivity contribution is 0.220. The van der Waals surface area contributed by atoms with E-state index in [9.17, 15) is 0 Å². The highest BCUT2D eigenvalue weighted by Gasteiger charge is 2.16. The van der Waals surface area contributed by atoms with Crippen LogP contribution in [0, 0.1) is 11.8 Å². The second-order valence-corrected chi connectivity index (χ2v) is 7.22. The van der Waals surface area contributed by atoms with Crippen LogP contribution in [0.2, 0.25) is 0 Å². The molecule has 0 spiro atoms. The molecule has 1 fully saturated rings. The molecule has 0 amide bonds. The largest absolute Gasteiger partial charge is 0.356 e. The molecule has 4 nitrogen and oxygen atoms in total. The zero-order valence-electron chi connectivity index (χ0n) is 15.7. The maximum absolute atomic E-state index is 4.33. The summed E-state index contributed by atoms with van der Waals surface area (Å²) in [7, 11) is 4.08. The van der Waals surface area contributed by atoms with Crippen LogP contribution in [-0.2, 0) is 0 Å². The first-order valence-electron chi connectivity index (χ1n) is 9.25. The number of likely N-dealkylation sites (tertiary alicyclic amines) is 1. The van der Waals surface area contributed by atoms with Gasteiger partial charge in [-0.3, -0.25) is 4.99 Å². The molecule has 1 aliphatic rings. The maximum atomic E-state index is 4.33. The first-order chi connectivity index (χ1) is 10.6. The molecule has 1 aliphatic heterocycles. The molecule has 0 aromatic heterocycles. The van der Waals surface area contributed by atoms with E-state index in [1.165, 1.54) is 58.0 Å². The Labute approximate surface area is 161 Å². The molecule has 0 unspecified atom stereocenters. The Morgan fingerprint density at radius 2 is 1.74 bits per heavy atom. The molecule has 2 N–H and O–H groups in total. The van der Waals surface area contributed by atoms with Crippen molar-refractivity contribution in [2.75, 3.05) is 40.3 Å². The van der Waals surface area contributed by atoms with Crippen molar-refractivity contribution >= 4 is 29.9 Å². The van der Waals surface area contributed by atoms with Gasteiger partial charge in [0.05, 0.1) is 0 Å². The van der Waals surface area contributed by atoms with Gasteiger partial charge in [0.1, 0.15) is 0 Å². The minimum Gasteiger partial charge on any atom is -0.356 e. The molecule has 1 rings (SSSR count). The number of halogens is 1. The van der Waals surface area contributed by atoms with E-state index in [0.717, 1.165) is 30.9 Å². The second kappa shape index (κ2) is 14.3. The van der Waals surface area contributed by atoms with Crippen LogP contribution in [0.4, 0.5) is 0 Å². The van der Waals surface area contributed by atoms with Gasteiger partial charge in [-0.15, -0.1) is 24.0 Å². The van der Waals surface area contributed by atoms with E-state index in [-0.39, 0.29) is 24.0 Å². The van der Waals surface area contributed by atoms with Gasteiger partial charge in [-0.25, -0.2) is 0 Å². The zero-order valence-corrected chi connectivity index (χ0v) is 18.1. The molecule has 5 heteroatoms. The van der Waals surface area contributed by atoms with Gasteiger partial charge in [-0.2, -0.15) is 0 Å². The summed E-state index contributed by atoms with van der Waals surface area (Å²) in [6.45, 7) is 9.17. The van der Waals surface area contributed by atoms with Gasteiger partial charge < -0.3 is 15.5 Å². The van der Waals surface area contributed by atoms with Crippen LogP contribution in [0.15, 0.2) is 4.99 Å². The number of hydrogen-bond acceptors (Lipinski definition) is 2. The molecule has 23 heavy (non-hydrogen) atoms. The summed E-state index contributed by atoms with van der Waals surface area (Å²) >= 11 is 0. The third-order valence-corrected chi connectivity index (χ3v) is 4.62. The topological polar surface area (TPSA) is 39.7 Å². The summed E-state index contributed by atoms with van der Waals surface area (Å²) in [5, 5.41) is 6.94. The second-order valence-electron chi connectivity index (χ2n) is 7.22. The van der Waals surface area contributed by atoms with E-state index in [0.29, 0.717) is 0 Å². The minimum absolute atomic E-state index is 0. The van der Waals surface area contributed by atoms with Crippen LogP contribution >= 0.6 is 24.0 Å². The normalized spacial score (nSPS) is 17.2. The van der Waals surface area contributed by atoms with Gasteiger partial charge in [0.15, 0.2) is 5.96 Å². The van der Waals surface area contributed by atoms with Crippen LogP contribution in [-0.4, -0.2) is 51.1 Å². The standard InChI is InChI=1S/C18H38N4.HI/c1-16(2)9-7-5-6-8-12-20-18(19-3)21-15-17-10-13-22(4)14-11-17;/h16-17H,5-15H2,1-4H3,(H2,19,20,21);1H. The van der Waals surface area contributed by atoms with Crippen LogP contribution in [0.3, 0.4) is 0 Å². The fourth-order valence-corrected chi connectivity index (χ4v) is 2.97. The van der Waals surface area contributed by atoms with E-state index in [1.807, 2.05) is 7.05 Å². The van der Waals surface area contributed by atoms with E-state index >= 15 is 0 Å². The summed E-state index contributed by atoms with van der Waals surface area (Å²) in [6, 6.07) is 0. The number of aliphatic imine (C=N–C) groups is 1. The fraction of sp³-hybridized carbons (Fsp3) is 0.944. The number of piperidine rings is 1. The Morgan fingerprint density at radius 3 is 2.35 bits per heavy atom. The van der Waals surface area contributed by atoms with Crippen molar-refractivity contribution in [3.63, 3.8) is 0 Å². The van der Waals surface area contributed by atoms with Crippen molar-refractivity contribution in [1.29, 1.82) is 0 Å². The molecule has 0 radical (unpaired) electrons. The van der Waals surface area contributed by atoms with Crippen molar-refractivity contribution in [3.05, 3.63) is 0 Å². The number of rotatable bonds is 9. The molecule has 0 aliphatic carbocycles. The lowest BCUT2D eigenvalue weighted by Gasteiger charge is -2.29. The lowest BCUT2D eigenvalue weighted by atomic mass is 9.97. The number of nitrogens with one attached hydrogen (secondary N) is 2.